The lowest BCUT2D eigenvalue weighted by molar-refractivity contribution is -0.125. The Bertz CT molecular complexity index is 1340. The van der Waals surface area contributed by atoms with Crippen LogP contribution in [0.25, 0.3) is 0 Å². The van der Waals surface area contributed by atoms with Gasteiger partial charge in [0.2, 0.25) is 11.8 Å². The summed E-state index contributed by atoms with van der Waals surface area (Å²) in [5, 5.41) is 6.75. The standard InChI is InChI=1S/C28H30ClN5O4S/c1-38-23-13-11-17(29)15-22(23)31-25(36)16-39-28-33-20-10-6-5-9-19(20)26-32-21(27(37)34(26)28)12-14-24(35)30-18-7-3-2-4-8-18/h5-6,9-11,13,15,18,21H,2-4,7-8,12,14,16H2,1H3,(H,30,35)(H,31,36)/t21-/m0/s1. The molecule has 0 radical (unpaired) electrons. The molecule has 1 atom stereocenters. The van der Waals surface area contributed by atoms with Crippen molar-refractivity contribution in [3.8, 4) is 5.75 Å². The number of benzene rings is 2. The smallest absolute Gasteiger partial charge is 0.259 e. The van der Waals surface area contributed by atoms with E-state index in [0.29, 0.717) is 39.6 Å². The van der Waals surface area contributed by atoms with Crippen molar-refractivity contribution in [3.05, 3.63) is 53.1 Å². The molecule has 204 valence electrons. The van der Waals surface area contributed by atoms with Crippen molar-refractivity contribution in [2.75, 3.05) is 18.2 Å². The van der Waals surface area contributed by atoms with Crippen LogP contribution in [0.5, 0.6) is 5.75 Å². The van der Waals surface area contributed by atoms with Gasteiger partial charge in [0.1, 0.15) is 17.6 Å². The summed E-state index contributed by atoms with van der Waals surface area (Å²) < 4.78 is 5.30. The third-order valence-corrected chi connectivity index (χ3v) is 8.10. The highest BCUT2D eigenvalue weighted by molar-refractivity contribution is 8.14. The van der Waals surface area contributed by atoms with Gasteiger partial charge in [0.05, 0.1) is 24.2 Å². The normalized spacial score (nSPS) is 18.6. The van der Waals surface area contributed by atoms with Crippen LogP contribution >= 0.6 is 23.4 Å². The molecular formula is C28H30ClN5O4S. The van der Waals surface area contributed by atoms with Gasteiger partial charge >= 0.3 is 0 Å². The molecule has 39 heavy (non-hydrogen) atoms. The molecule has 0 aromatic heterocycles. The van der Waals surface area contributed by atoms with Crippen LogP contribution in [0.3, 0.4) is 0 Å². The van der Waals surface area contributed by atoms with Gasteiger partial charge in [-0.05, 0) is 49.6 Å². The van der Waals surface area contributed by atoms with Gasteiger partial charge in [0, 0.05) is 23.0 Å². The molecule has 3 amide bonds. The van der Waals surface area contributed by atoms with E-state index >= 15 is 0 Å². The monoisotopic (exact) mass is 567 g/mol. The first-order valence-electron chi connectivity index (χ1n) is 13.1. The summed E-state index contributed by atoms with van der Waals surface area (Å²) in [6.45, 7) is 0. The Morgan fingerprint density at radius 1 is 1.13 bits per heavy atom. The van der Waals surface area contributed by atoms with Gasteiger partial charge in [0.25, 0.3) is 5.91 Å². The Hall–Kier alpha value is -3.37. The summed E-state index contributed by atoms with van der Waals surface area (Å²) in [4.78, 5) is 49.7. The molecule has 0 bridgehead atoms. The number of hydrogen-bond acceptors (Lipinski definition) is 7. The van der Waals surface area contributed by atoms with E-state index in [1.54, 1.807) is 18.2 Å². The maximum absolute atomic E-state index is 13.5. The van der Waals surface area contributed by atoms with Crippen molar-refractivity contribution in [1.29, 1.82) is 0 Å². The summed E-state index contributed by atoms with van der Waals surface area (Å²) in [7, 11) is 1.51. The van der Waals surface area contributed by atoms with Gasteiger partial charge in [0.15, 0.2) is 5.17 Å². The number of rotatable bonds is 8. The second kappa shape index (κ2) is 12.2. The number of para-hydroxylation sites is 1. The third-order valence-electron chi connectivity index (χ3n) is 6.93. The molecule has 0 saturated heterocycles. The molecule has 5 rings (SSSR count). The molecule has 3 aliphatic rings. The Balaban J connectivity index is 1.26. The van der Waals surface area contributed by atoms with E-state index in [1.807, 2.05) is 24.3 Å². The second-order valence-electron chi connectivity index (χ2n) is 9.68. The summed E-state index contributed by atoms with van der Waals surface area (Å²) >= 11 is 7.22. The number of carbonyl (C=O) groups is 3. The van der Waals surface area contributed by atoms with E-state index in [-0.39, 0.29) is 35.9 Å². The maximum Gasteiger partial charge on any atom is 0.259 e. The predicted octanol–water partition coefficient (Wildman–Crippen LogP) is 4.91. The highest BCUT2D eigenvalue weighted by Gasteiger charge is 2.41. The minimum atomic E-state index is -0.682. The number of ether oxygens (including phenoxy) is 1. The molecule has 2 aliphatic heterocycles. The zero-order valence-electron chi connectivity index (χ0n) is 21.6. The average Bonchev–Trinajstić information content (AvgIpc) is 3.28. The number of aliphatic imine (C=N–C) groups is 2. The van der Waals surface area contributed by atoms with Gasteiger partial charge in [-0.15, -0.1) is 0 Å². The third kappa shape index (κ3) is 6.28. The summed E-state index contributed by atoms with van der Waals surface area (Å²) in [6, 6.07) is 12.0. The fourth-order valence-corrected chi connectivity index (χ4v) is 5.97. The first kappa shape index (κ1) is 27.2. The van der Waals surface area contributed by atoms with E-state index in [0.717, 1.165) is 43.0 Å². The van der Waals surface area contributed by atoms with Crippen molar-refractivity contribution in [2.24, 2.45) is 9.98 Å². The van der Waals surface area contributed by atoms with Crippen molar-refractivity contribution in [2.45, 2.75) is 57.0 Å². The molecule has 0 spiro atoms. The van der Waals surface area contributed by atoms with Gasteiger partial charge in [-0.1, -0.05) is 54.8 Å². The molecule has 1 fully saturated rings. The SMILES string of the molecule is COc1ccc(Cl)cc1NC(=O)CSC1=Nc2ccccc2C2=N[C@@H](CCC(=O)NC3CCCCC3)C(=O)N12. The first-order valence-corrected chi connectivity index (χ1v) is 14.4. The lowest BCUT2D eigenvalue weighted by Crippen LogP contribution is -2.42. The number of nitrogens with one attached hydrogen (secondary N) is 2. The van der Waals surface area contributed by atoms with Crippen LogP contribution in [-0.4, -0.2) is 58.6 Å². The molecule has 9 nitrogen and oxygen atoms in total. The number of amidine groups is 2. The number of amides is 3. The molecule has 0 unspecified atom stereocenters. The van der Waals surface area contributed by atoms with E-state index in [9.17, 15) is 14.4 Å². The fraction of sp³-hybridized carbons (Fsp3) is 0.393. The summed E-state index contributed by atoms with van der Waals surface area (Å²) in [5.74, 6) is 0.402. The van der Waals surface area contributed by atoms with Crippen LogP contribution < -0.4 is 15.4 Å². The first-order chi connectivity index (χ1) is 18.9. The molecule has 2 aromatic carbocycles. The topological polar surface area (TPSA) is 112 Å². The second-order valence-corrected chi connectivity index (χ2v) is 11.1. The number of halogens is 1. The minimum Gasteiger partial charge on any atom is -0.495 e. The Kier molecular flexibility index (Phi) is 8.52. The summed E-state index contributed by atoms with van der Waals surface area (Å²) in [5.41, 5.74) is 1.88. The lowest BCUT2D eigenvalue weighted by atomic mass is 9.95. The number of carbonyl (C=O) groups excluding carboxylic acids is 3. The van der Waals surface area contributed by atoms with E-state index in [2.05, 4.69) is 15.6 Å². The van der Waals surface area contributed by atoms with Crippen molar-refractivity contribution >= 4 is 63.5 Å². The van der Waals surface area contributed by atoms with Gasteiger partial charge < -0.3 is 15.4 Å². The Labute approximate surface area is 236 Å². The number of methoxy groups -OCH3 is 1. The van der Waals surface area contributed by atoms with Crippen LogP contribution in [0.2, 0.25) is 5.02 Å². The number of nitrogens with zero attached hydrogens (tertiary/aromatic N) is 3. The molecular weight excluding hydrogens is 538 g/mol. The molecule has 11 heteroatoms. The summed E-state index contributed by atoms with van der Waals surface area (Å²) in [6.07, 6.45) is 6.05. The highest BCUT2D eigenvalue weighted by Crippen LogP contribution is 2.34. The number of thioether (sulfide) groups is 1. The zero-order chi connectivity index (χ0) is 27.4. The Morgan fingerprint density at radius 2 is 1.92 bits per heavy atom. The number of hydrogen-bond donors (Lipinski definition) is 2. The Morgan fingerprint density at radius 3 is 2.72 bits per heavy atom. The number of anilines is 1. The average molecular weight is 568 g/mol. The maximum atomic E-state index is 13.5. The lowest BCUT2D eigenvalue weighted by Gasteiger charge is -2.25. The molecule has 2 heterocycles. The minimum absolute atomic E-state index is 0.00217. The molecule has 1 aliphatic carbocycles. The highest BCUT2D eigenvalue weighted by atomic mass is 35.5. The predicted molar refractivity (Wildman–Crippen MR) is 154 cm³/mol. The quantitative estimate of drug-likeness (QED) is 0.471. The van der Waals surface area contributed by atoms with Gasteiger partial charge in [-0.25, -0.2) is 9.89 Å². The van der Waals surface area contributed by atoms with Gasteiger partial charge in [-0.3, -0.25) is 19.4 Å². The zero-order valence-corrected chi connectivity index (χ0v) is 23.2. The molecule has 1 saturated carbocycles. The molecule has 2 N–H and O–H groups in total. The van der Waals surface area contributed by atoms with E-state index in [4.69, 9.17) is 21.3 Å². The van der Waals surface area contributed by atoms with Crippen LogP contribution in [0, 0.1) is 0 Å². The van der Waals surface area contributed by atoms with Crippen LogP contribution in [0.4, 0.5) is 11.4 Å². The van der Waals surface area contributed by atoms with E-state index < -0.39 is 6.04 Å². The van der Waals surface area contributed by atoms with Crippen LogP contribution in [-0.2, 0) is 14.4 Å². The van der Waals surface area contributed by atoms with Crippen LogP contribution in [0.1, 0.15) is 50.5 Å². The van der Waals surface area contributed by atoms with Crippen molar-refractivity contribution < 1.29 is 19.1 Å². The fourth-order valence-electron chi connectivity index (χ4n) is 5.00. The van der Waals surface area contributed by atoms with E-state index in [1.165, 1.54) is 18.4 Å². The molecule has 2 aromatic rings. The van der Waals surface area contributed by atoms with Crippen LogP contribution in [0.15, 0.2) is 52.4 Å². The van der Waals surface area contributed by atoms with Crippen molar-refractivity contribution in [3.63, 3.8) is 0 Å². The largest absolute Gasteiger partial charge is 0.495 e. The van der Waals surface area contributed by atoms with Gasteiger partial charge in [-0.2, -0.15) is 0 Å². The number of fused-ring (bicyclic) bond motifs is 3. The van der Waals surface area contributed by atoms with Crippen molar-refractivity contribution in [1.82, 2.24) is 10.2 Å².